The van der Waals surface area contributed by atoms with Crippen molar-refractivity contribution in [3.05, 3.63) is 12.4 Å². The summed E-state index contributed by atoms with van der Waals surface area (Å²) in [6.45, 7) is 4.73. The van der Waals surface area contributed by atoms with Crippen LogP contribution in [0.1, 0.15) is 13.8 Å². The van der Waals surface area contributed by atoms with Gasteiger partial charge in [-0.2, -0.15) is 0 Å². The van der Waals surface area contributed by atoms with Gasteiger partial charge in [0.05, 0.1) is 5.60 Å². The molecule has 0 atom stereocenters. The zero-order valence-corrected chi connectivity index (χ0v) is 9.66. The fraction of sp³-hybridized carbons (Fsp3) is 0.600. The molecule has 84 valence electrons. The molecule has 0 amide bonds. The predicted octanol–water partition coefficient (Wildman–Crippen LogP) is 1.36. The first-order chi connectivity index (χ1) is 7.07. The van der Waals surface area contributed by atoms with Crippen molar-refractivity contribution in [1.29, 1.82) is 0 Å². The second kappa shape index (κ2) is 4.93. The fourth-order valence-corrected chi connectivity index (χ4v) is 0.966. The minimum atomic E-state index is -0.204. The molecular weight excluding hydrogens is 192 g/mol. The van der Waals surface area contributed by atoms with Crippen molar-refractivity contribution in [2.24, 2.45) is 0 Å². The molecular formula is C10H18N4O. The third-order valence-corrected chi connectivity index (χ3v) is 2.17. The molecule has 2 N–H and O–H groups in total. The summed E-state index contributed by atoms with van der Waals surface area (Å²) in [5, 5.41) is 6.15. The maximum atomic E-state index is 5.29. The highest BCUT2D eigenvalue weighted by molar-refractivity contribution is 5.46. The van der Waals surface area contributed by atoms with E-state index in [2.05, 4.69) is 20.6 Å². The van der Waals surface area contributed by atoms with E-state index in [9.17, 15) is 0 Å². The molecule has 0 unspecified atom stereocenters. The molecule has 5 nitrogen and oxygen atoms in total. The highest BCUT2D eigenvalue weighted by Crippen LogP contribution is 2.11. The van der Waals surface area contributed by atoms with Gasteiger partial charge in [0, 0.05) is 26.8 Å². The van der Waals surface area contributed by atoms with Gasteiger partial charge in [0.1, 0.15) is 18.0 Å². The van der Waals surface area contributed by atoms with E-state index in [4.69, 9.17) is 4.74 Å². The smallest absolute Gasteiger partial charge is 0.131 e. The van der Waals surface area contributed by atoms with Crippen LogP contribution in [-0.2, 0) is 4.74 Å². The Labute approximate surface area is 90.3 Å². The highest BCUT2D eigenvalue weighted by Gasteiger charge is 2.15. The van der Waals surface area contributed by atoms with Crippen LogP contribution in [0.2, 0.25) is 0 Å². The lowest BCUT2D eigenvalue weighted by atomic mass is 10.1. The van der Waals surface area contributed by atoms with Gasteiger partial charge in [-0.15, -0.1) is 0 Å². The average molecular weight is 210 g/mol. The van der Waals surface area contributed by atoms with Gasteiger partial charge in [0.15, 0.2) is 0 Å². The molecule has 0 spiro atoms. The SMILES string of the molecule is CNc1cc(NCC(C)(C)OC)ncn1. The van der Waals surface area contributed by atoms with Crippen LogP contribution in [0.5, 0.6) is 0 Å². The van der Waals surface area contributed by atoms with Crippen molar-refractivity contribution in [3.63, 3.8) is 0 Å². The Hall–Kier alpha value is -1.36. The van der Waals surface area contributed by atoms with Crippen LogP contribution in [0.3, 0.4) is 0 Å². The lowest BCUT2D eigenvalue weighted by molar-refractivity contribution is 0.0343. The van der Waals surface area contributed by atoms with E-state index >= 15 is 0 Å². The summed E-state index contributed by atoms with van der Waals surface area (Å²) in [6, 6.07) is 1.85. The molecule has 0 bridgehead atoms. The Morgan fingerprint density at radius 1 is 1.33 bits per heavy atom. The summed E-state index contributed by atoms with van der Waals surface area (Å²) in [7, 11) is 3.52. The van der Waals surface area contributed by atoms with Crippen LogP contribution >= 0.6 is 0 Å². The maximum Gasteiger partial charge on any atom is 0.131 e. The first-order valence-corrected chi connectivity index (χ1v) is 4.86. The van der Waals surface area contributed by atoms with Crippen LogP contribution in [0.15, 0.2) is 12.4 Å². The monoisotopic (exact) mass is 210 g/mol. The Morgan fingerprint density at radius 3 is 2.60 bits per heavy atom. The highest BCUT2D eigenvalue weighted by atomic mass is 16.5. The van der Waals surface area contributed by atoms with Gasteiger partial charge in [0.25, 0.3) is 0 Å². The predicted molar refractivity (Wildman–Crippen MR) is 61.2 cm³/mol. The quantitative estimate of drug-likeness (QED) is 0.768. The third-order valence-electron chi connectivity index (χ3n) is 2.17. The van der Waals surface area contributed by atoms with Gasteiger partial charge >= 0.3 is 0 Å². The zero-order chi connectivity index (χ0) is 11.3. The number of anilines is 2. The van der Waals surface area contributed by atoms with Gasteiger partial charge < -0.3 is 15.4 Å². The molecule has 1 heterocycles. The van der Waals surface area contributed by atoms with E-state index in [0.717, 1.165) is 11.6 Å². The summed E-state index contributed by atoms with van der Waals surface area (Å²) in [6.07, 6.45) is 1.52. The molecule has 15 heavy (non-hydrogen) atoms. The number of aromatic nitrogens is 2. The van der Waals surface area contributed by atoms with Gasteiger partial charge in [-0.05, 0) is 13.8 Å². The number of nitrogens with one attached hydrogen (secondary N) is 2. The van der Waals surface area contributed by atoms with Gasteiger partial charge in [-0.25, -0.2) is 9.97 Å². The molecule has 0 aliphatic rings. The molecule has 0 aliphatic heterocycles. The van der Waals surface area contributed by atoms with Crippen LogP contribution < -0.4 is 10.6 Å². The average Bonchev–Trinajstić information content (AvgIpc) is 2.27. The molecule has 1 aromatic rings. The number of rotatable bonds is 5. The standard InChI is InChI=1S/C10H18N4O/c1-10(2,15-4)6-12-9-5-8(11-3)13-7-14-9/h5,7H,6H2,1-4H3,(H2,11,12,13,14). The number of nitrogens with zero attached hydrogens (tertiary/aromatic N) is 2. The van der Waals surface area contributed by atoms with E-state index in [1.807, 2.05) is 27.0 Å². The molecule has 0 aromatic carbocycles. The first-order valence-electron chi connectivity index (χ1n) is 4.86. The van der Waals surface area contributed by atoms with E-state index < -0.39 is 0 Å². The van der Waals surface area contributed by atoms with Crippen LogP contribution in [0.25, 0.3) is 0 Å². The minimum absolute atomic E-state index is 0.204. The molecule has 0 aliphatic carbocycles. The second-order valence-electron chi connectivity index (χ2n) is 3.86. The maximum absolute atomic E-state index is 5.29. The summed E-state index contributed by atoms with van der Waals surface area (Å²) >= 11 is 0. The number of methoxy groups -OCH3 is 1. The largest absolute Gasteiger partial charge is 0.377 e. The van der Waals surface area contributed by atoms with Gasteiger partial charge in [0.2, 0.25) is 0 Å². The van der Waals surface area contributed by atoms with Crippen molar-refractivity contribution in [2.75, 3.05) is 31.3 Å². The fourth-order valence-electron chi connectivity index (χ4n) is 0.966. The van der Waals surface area contributed by atoms with E-state index in [1.165, 1.54) is 6.33 Å². The number of hydrogen-bond acceptors (Lipinski definition) is 5. The van der Waals surface area contributed by atoms with E-state index in [-0.39, 0.29) is 5.60 Å². The molecule has 0 saturated carbocycles. The Kier molecular flexibility index (Phi) is 3.85. The Bertz CT molecular complexity index is 314. The van der Waals surface area contributed by atoms with Crippen LogP contribution in [0.4, 0.5) is 11.6 Å². The van der Waals surface area contributed by atoms with Crippen LogP contribution in [0, 0.1) is 0 Å². The first kappa shape index (κ1) is 11.7. The molecule has 0 fully saturated rings. The van der Waals surface area contributed by atoms with Crippen molar-refractivity contribution in [2.45, 2.75) is 19.4 Å². The topological polar surface area (TPSA) is 59.1 Å². The van der Waals surface area contributed by atoms with Crippen molar-refractivity contribution >= 4 is 11.6 Å². The molecule has 0 radical (unpaired) electrons. The second-order valence-corrected chi connectivity index (χ2v) is 3.86. The summed E-state index contributed by atoms with van der Waals surface area (Å²) in [5.41, 5.74) is -0.204. The Balaban J connectivity index is 2.57. The normalized spacial score (nSPS) is 11.2. The molecule has 0 saturated heterocycles. The number of ether oxygens (including phenoxy) is 1. The number of hydrogen-bond donors (Lipinski definition) is 2. The summed E-state index contributed by atoms with van der Waals surface area (Å²) in [5.74, 6) is 1.59. The minimum Gasteiger partial charge on any atom is -0.377 e. The van der Waals surface area contributed by atoms with Crippen LogP contribution in [-0.4, -0.2) is 36.3 Å². The molecule has 1 rings (SSSR count). The van der Waals surface area contributed by atoms with Crippen molar-refractivity contribution in [3.8, 4) is 0 Å². The van der Waals surface area contributed by atoms with E-state index in [1.54, 1.807) is 7.11 Å². The Morgan fingerprint density at radius 2 is 2.00 bits per heavy atom. The molecule has 1 aromatic heterocycles. The van der Waals surface area contributed by atoms with Gasteiger partial charge in [-0.3, -0.25) is 0 Å². The van der Waals surface area contributed by atoms with Gasteiger partial charge in [-0.1, -0.05) is 0 Å². The zero-order valence-electron chi connectivity index (χ0n) is 9.66. The lowest BCUT2D eigenvalue weighted by Crippen LogP contribution is -2.32. The summed E-state index contributed by atoms with van der Waals surface area (Å²) < 4.78 is 5.29. The van der Waals surface area contributed by atoms with E-state index in [0.29, 0.717) is 6.54 Å². The third kappa shape index (κ3) is 3.71. The summed E-state index contributed by atoms with van der Waals surface area (Å²) in [4.78, 5) is 8.14. The lowest BCUT2D eigenvalue weighted by Gasteiger charge is -2.23. The van der Waals surface area contributed by atoms with Crippen molar-refractivity contribution in [1.82, 2.24) is 9.97 Å². The molecule has 5 heteroatoms. The van der Waals surface area contributed by atoms with Crippen molar-refractivity contribution < 1.29 is 4.74 Å².